The second kappa shape index (κ2) is 4.14. The third-order valence-corrected chi connectivity index (χ3v) is 1.19. The van der Waals surface area contributed by atoms with Gasteiger partial charge in [-0.1, -0.05) is 0 Å². The first-order valence-electron chi connectivity index (χ1n) is 2.14. The molecule has 0 aromatic heterocycles. The van der Waals surface area contributed by atoms with Gasteiger partial charge in [0.25, 0.3) is 0 Å². The Morgan fingerprint density at radius 3 is 2.00 bits per heavy atom. The molecule has 0 rings (SSSR count). The van der Waals surface area contributed by atoms with Gasteiger partial charge in [-0.2, -0.15) is 0 Å². The number of ether oxygens (including phenoxy) is 2. The van der Waals surface area contributed by atoms with E-state index in [9.17, 15) is 0 Å². The van der Waals surface area contributed by atoms with E-state index in [2.05, 4.69) is 22.1 Å². The number of thiol groups is 1. The number of methoxy groups -OCH3 is 2. The van der Waals surface area contributed by atoms with Crippen LogP contribution in [0.1, 0.15) is 0 Å². The van der Waals surface area contributed by atoms with Crippen LogP contribution in [0.4, 0.5) is 0 Å². The molecule has 3 nitrogen and oxygen atoms in total. The van der Waals surface area contributed by atoms with Crippen LogP contribution in [0.2, 0.25) is 0 Å². The zero-order valence-corrected chi connectivity index (χ0v) is 5.76. The van der Waals surface area contributed by atoms with E-state index in [0.29, 0.717) is 0 Å². The smallest absolute Gasteiger partial charge is 0.190 e. The van der Waals surface area contributed by atoms with Gasteiger partial charge in [-0.3, -0.25) is 0 Å². The van der Waals surface area contributed by atoms with Gasteiger partial charge in [0, 0.05) is 14.2 Å². The van der Waals surface area contributed by atoms with Crippen molar-refractivity contribution < 1.29 is 14.6 Å². The molecular weight excluding hydrogens is 128 g/mol. The van der Waals surface area contributed by atoms with E-state index in [1.54, 1.807) is 0 Å². The maximum atomic E-state index is 8.70. The molecule has 4 heteroatoms. The Morgan fingerprint density at radius 1 is 1.38 bits per heavy atom. The summed E-state index contributed by atoms with van der Waals surface area (Å²) in [5.41, 5.74) is -0.556. The van der Waals surface area contributed by atoms with Crippen molar-refractivity contribution in [2.45, 2.75) is 11.7 Å². The molecule has 0 bridgehead atoms. The highest BCUT2D eigenvalue weighted by atomic mass is 32.1. The van der Waals surface area contributed by atoms with E-state index in [4.69, 9.17) is 5.11 Å². The molecule has 0 aliphatic rings. The molecule has 0 aromatic carbocycles. The number of rotatable bonds is 3. The average Bonchev–Trinajstić information content (AvgIpc) is 1.84. The second-order valence-corrected chi connectivity index (χ2v) is 1.76. The van der Waals surface area contributed by atoms with Crippen LogP contribution in [-0.4, -0.2) is 31.1 Å². The SMILES string of the molecule is COC(O)C(S)OC. The van der Waals surface area contributed by atoms with Gasteiger partial charge >= 0.3 is 0 Å². The molecule has 50 valence electrons. The zero-order chi connectivity index (χ0) is 6.57. The van der Waals surface area contributed by atoms with Crippen LogP contribution in [-0.2, 0) is 9.47 Å². The summed E-state index contributed by atoms with van der Waals surface area (Å²) in [6.45, 7) is 0. The second-order valence-electron chi connectivity index (χ2n) is 1.25. The molecule has 2 unspecified atom stereocenters. The maximum Gasteiger partial charge on any atom is 0.190 e. The van der Waals surface area contributed by atoms with Crippen molar-refractivity contribution in [3.63, 3.8) is 0 Å². The van der Waals surface area contributed by atoms with Crippen molar-refractivity contribution in [3.05, 3.63) is 0 Å². The van der Waals surface area contributed by atoms with Gasteiger partial charge in [0.1, 0.15) is 0 Å². The van der Waals surface area contributed by atoms with Gasteiger partial charge in [0.05, 0.1) is 0 Å². The summed E-state index contributed by atoms with van der Waals surface area (Å²) in [7, 11) is 2.83. The highest BCUT2D eigenvalue weighted by molar-refractivity contribution is 7.80. The molecule has 0 aromatic rings. The Balaban J connectivity index is 3.29. The van der Waals surface area contributed by atoms with E-state index in [0.717, 1.165) is 0 Å². The summed E-state index contributed by atoms with van der Waals surface area (Å²) < 4.78 is 9.05. The summed E-state index contributed by atoms with van der Waals surface area (Å²) in [5, 5.41) is 8.70. The molecule has 0 aliphatic heterocycles. The lowest BCUT2D eigenvalue weighted by molar-refractivity contribution is -0.123. The number of hydrogen-bond acceptors (Lipinski definition) is 4. The van der Waals surface area contributed by atoms with E-state index in [1.165, 1.54) is 14.2 Å². The maximum absolute atomic E-state index is 8.70. The van der Waals surface area contributed by atoms with Crippen molar-refractivity contribution in [2.24, 2.45) is 0 Å². The molecule has 0 amide bonds. The first kappa shape index (κ1) is 8.23. The lowest BCUT2D eigenvalue weighted by atomic mass is 10.7. The largest absolute Gasteiger partial charge is 0.366 e. The van der Waals surface area contributed by atoms with Crippen LogP contribution in [0.3, 0.4) is 0 Å². The van der Waals surface area contributed by atoms with Crippen molar-refractivity contribution in [1.29, 1.82) is 0 Å². The normalized spacial score (nSPS) is 18.0. The quantitative estimate of drug-likeness (QED) is 0.421. The van der Waals surface area contributed by atoms with E-state index in [-0.39, 0.29) is 0 Å². The van der Waals surface area contributed by atoms with Crippen LogP contribution in [0.5, 0.6) is 0 Å². The summed E-state index contributed by atoms with van der Waals surface area (Å²) in [4.78, 5) is 0. The summed E-state index contributed by atoms with van der Waals surface area (Å²) in [6.07, 6.45) is -0.941. The molecule has 0 saturated carbocycles. The molecule has 0 spiro atoms. The standard InChI is InChI=1S/C4H10O3S/c1-6-3(5)4(8)7-2/h3-5,8H,1-2H3. The lowest BCUT2D eigenvalue weighted by Gasteiger charge is -2.13. The first-order chi connectivity index (χ1) is 3.72. The van der Waals surface area contributed by atoms with E-state index >= 15 is 0 Å². The minimum absolute atomic E-state index is 0.556. The molecular formula is C4H10O3S. The Morgan fingerprint density at radius 2 is 1.88 bits per heavy atom. The van der Waals surface area contributed by atoms with Gasteiger partial charge in [-0.05, 0) is 0 Å². The molecule has 0 saturated heterocycles. The fourth-order valence-corrected chi connectivity index (χ4v) is 0.355. The molecule has 1 N–H and O–H groups in total. The summed E-state index contributed by atoms with van der Waals surface area (Å²) >= 11 is 3.81. The molecule has 2 atom stereocenters. The van der Waals surface area contributed by atoms with Crippen molar-refractivity contribution in [1.82, 2.24) is 0 Å². The average molecular weight is 138 g/mol. The minimum Gasteiger partial charge on any atom is -0.366 e. The predicted molar refractivity (Wildman–Crippen MR) is 32.8 cm³/mol. The van der Waals surface area contributed by atoms with Crippen molar-refractivity contribution >= 4 is 12.6 Å². The monoisotopic (exact) mass is 138 g/mol. The Hall–Kier alpha value is 0.230. The fourth-order valence-electron chi connectivity index (χ4n) is 0.233. The van der Waals surface area contributed by atoms with Gasteiger partial charge in [0.15, 0.2) is 11.7 Å². The van der Waals surface area contributed by atoms with Crippen LogP contribution >= 0.6 is 12.6 Å². The minimum atomic E-state index is -0.941. The molecule has 0 aliphatic carbocycles. The highest BCUT2D eigenvalue weighted by Crippen LogP contribution is 2.01. The number of aliphatic hydroxyl groups excluding tert-OH is 1. The summed E-state index contributed by atoms with van der Waals surface area (Å²) in [6, 6.07) is 0. The Kier molecular flexibility index (Phi) is 4.26. The Bertz CT molecular complexity index is 51.2. The number of aliphatic hydroxyl groups is 1. The van der Waals surface area contributed by atoms with Crippen LogP contribution in [0.25, 0.3) is 0 Å². The van der Waals surface area contributed by atoms with Crippen molar-refractivity contribution in [3.8, 4) is 0 Å². The molecule has 0 heterocycles. The van der Waals surface area contributed by atoms with Crippen LogP contribution < -0.4 is 0 Å². The summed E-state index contributed by atoms with van der Waals surface area (Å²) in [5.74, 6) is 0. The van der Waals surface area contributed by atoms with Gasteiger partial charge < -0.3 is 14.6 Å². The zero-order valence-electron chi connectivity index (χ0n) is 4.87. The highest BCUT2D eigenvalue weighted by Gasteiger charge is 2.10. The van der Waals surface area contributed by atoms with Gasteiger partial charge in [0.2, 0.25) is 0 Å². The van der Waals surface area contributed by atoms with E-state index in [1.807, 2.05) is 0 Å². The predicted octanol–water partition coefficient (Wildman–Crippen LogP) is -0.147. The third-order valence-electron chi connectivity index (χ3n) is 0.727. The van der Waals surface area contributed by atoms with Gasteiger partial charge in [-0.25, -0.2) is 0 Å². The first-order valence-corrected chi connectivity index (χ1v) is 2.65. The third kappa shape index (κ3) is 2.52. The molecule has 8 heavy (non-hydrogen) atoms. The van der Waals surface area contributed by atoms with E-state index < -0.39 is 11.7 Å². The molecule has 0 fully saturated rings. The molecule has 0 radical (unpaired) electrons. The topological polar surface area (TPSA) is 38.7 Å². The van der Waals surface area contributed by atoms with Crippen LogP contribution in [0.15, 0.2) is 0 Å². The number of hydrogen-bond donors (Lipinski definition) is 2. The Labute approximate surface area is 54.0 Å². The fraction of sp³-hybridized carbons (Fsp3) is 1.00. The van der Waals surface area contributed by atoms with Crippen molar-refractivity contribution in [2.75, 3.05) is 14.2 Å². The van der Waals surface area contributed by atoms with Gasteiger partial charge in [-0.15, -0.1) is 12.6 Å². The van der Waals surface area contributed by atoms with Crippen LogP contribution in [0, 0.1) is 0 Å². The lowest BCUT2D eigenvalue weighted by Crippen LogP contribution is -2.23.